The summed E-state index contributed by atoms with van der Waals surface area (Å²) in [7, 11) is 0. The molecule has 22 heavy (non-hydrogen) atoms. The molecule has 0 bridgehead atoms. The van der Waals surface area contributed by atoms with Gasteiger partial charge in [-0.1, -0.05) is 18.2 Å². The van der Waals surface area contributed by atoms with E-state index in [1.54, 1.807) is 0 Å². The molecule has 0 saturated heterocycles. The van der Waals surface area contributed by atoms with Crippen LogP contribution in [0.15, 0.2) is 39.7 Å². The number of para-hydroxylation sites is 1. The molecule has 0 aliphatic carbocycles. The van der Waals surface area contributed by atoms with E-state index in [4.69, 9.17) is 4.42 Å². The van der Waals surface area contributed by atoms with Gasteiger partial charge >= 0.3 is 0 Å². The van der Waals surface area contributed by atoms with Crippen LogP contribution in [-0.2, 0) is 6.54 Å². The zero-order valence-corrected chi connectivity index (χ0v) is 14.2. The summed E-state index contributed by atoms with van der Waals surface area (Å²) >= 11 is 1.89. The molecular weight excluding hydrogens is 294 g/mol. The van der Waals surface area contributed by atoms with Gasteiger partial charge in [-0.05, 0) is 43.9 Å². The SMILES string of the molecule is CCNC(=NCc1cc2ccccc2o1)NCCCCSC. The maximum Gasteiger partial charge on any atom is 0.191 e. The molecule has 2 aromatic rings. The van der Waals surface area contributed by atoms with Crippen LogP contribution in [0.1, 0.15) is 25.5 Å². The zero-order chi connectivity index (χ0) is 15.6. The van der Waals surface area contributed by atoms with Crippen LogP contribution < -0.4 is 10.6 Å². The largest absolute Gasteiger partial charge is 0.459 e. The van der Waals surface area contributed by atoms with Crippen molar-refractivity contribution in [2.24, 2.45) is 4.99 Å². The van der Waals surface area contributed by atoms with Crippen molar-refractivity contribution < 1.29 is 4.42 Å². The normalized spacial score (nSPS) is 11.8. The molecule has 1 aromatic heterocycles. The molecule has 0 spiro atoms. The minimum Gasteiger partial charge on any atom is -0.459 e. The number of hydrogen-bond donors (Lipinski definition) is 2. The Morgan fingerprint density at radius 1 is 1.23 bits per heavy atom. The lowest BCUT2D eigenvalue weighted by Crippen LogP contribution is -2.37. The third-order valence-corrected chi connectivity index (χ3v) is 3.98. The summed E-state index contributed by atoms with van der Waals surface area (Å²) in [6, 6.07) is 10.1. The van der Waals surface area contributed by atoms with Crippen LogP contribution in [0, 0.1) is 0 Å². The number of hydrogen-bond acceptors (Lipinski definition) is 3. The van der Waals surface area contributed by atoms with Crippen molar-refractivity contribution in [2.75, 3.05) is 25.1 Å². The summed E-state index contributed by atoms with van der Waals surface area (Å²) in [5, 5.41) is 7.77. The molecular formula is C17H25N3OS. The van der Waals surface area contributed by atoms with Gasteiger partial charge in [-0.2, -0.15) is 11.8 Å². The number of furan rings is 1. The molecule has 5 heteroatoms. The van der Waals surface area contributed by atoms with Crippen molar-refractivity contribution in [3.8, 4) is 0 Å². The highest BCUT2D eigenvalue weighted by atomic mass is 32.2. The Hall–Kier alpha value is -1.62. The predicted octanol–water partition coefficient (Wildman–Crippen LogP) is 3.63. The third kappa shape index (κ3) is 5.30. The van der Waals surface area contributed by atoms with E-state index >= 15 is 0 Å². The molecule has 120 valence electrons. The molecule has 2 rings (SSSR count). The summed E-state index contributed by atoms with van der Waals surface area (Å²) < 4.78 is 5.79. The molecule has 1 heterocycles. The first kappa shape index (κ1) is 16.7. The van der Waals surface area contributed by atoms with Crippen LogP contribution in [0.5, 0.6) is 0 Å². The second kappa shape index (κ2) is 9.41. The Kier molecular flexibility index (Phi) is 7.16. The van der Waals surface area contributed by atoms with Gasteiger partial charge in [-0.25, -0.2) is 4.99 Å². The van der Waals surface area contributed by atoms with Gasteiger partial charge < -0.3 is 15.1 Å². The lowest BCUT2D eigenvalue weighted by Gasteiger charge is -2.10. The van der Waals surface area contributed by atoms with E-state index in [1.807, 2.05) is 30.0 Å². The van der Waals surface area contributed by atoms with Crippen LogP contribution in [-0.4, -0.2) is 31.1 Å². The maximum atomic E-state index is 5.79. The first-order valence-electron chi connectivity index (χ1n) is 7.82. The van der Waals surface area contributed by atoms with Crippen LogP contribution in [0.4, 0.5) is 0 Å². The summed E-state index contributed by atoms with van der Waals surface area (Å²) in [5.41, 5.74) is 0.919. The monoisotopic (exact) mass is 319 g/mol. The van der Waals surface area contributed by atoms with Crippen molar-refractivity contribution in [1.82, 2.24) is 10.6 Å². The van der Waals surface area contributed by atoms with Crippen molar-refractivity contribution in [3.63, 3.8) is 0 Å². The molecule has 4 nitrogen and oxygen atoms in total. The standard InChI is InChI=1S/C17H25N3OS/c1-3-18-17(19-10-6-7-11-22-2)20-13-15-12-14-8-4-5-9-16(14)21-15/h4-5,8-9,12H,3,6-7,10-11,13H2,1-2H3,(H2,18,19,20). The van der Waals surface area contributed by atoms with Gasteiger partial charge in [0.1, 0.15) is 17.9 Å². The van der Waals surface area contributed by atoms with E-state index < -0.39 is 0 Å². The highest BCUT2D eigenvalue weighted by Gasteiger charge is 2.03. The number of guanidine groups is 1. The molecule has 0 atom stereocenters. The van der Waals surface area contributed by atoms with Crippen molar-refractivity contribution in [2.45, 2.75) is 26.3 Å². The molecule has 0 radical (unpaired) electrons. The van der Waals surface area contributed by atoms with Crippen molar-refractivity contribution >= 4 is 28.7 Å². The molecule has 0 fully saturated rings. The minimum absolute atomic E-state index is 0.550. The smallest absolute Gasteiger partial charge is 0.191 e. The van der Waals surface area contributed by atoms with E-state index in [0.717, 1.165) is 42.2 Å². The summed E-state index contributed by atoms with van der Waals surface area (Å²) in [6.07, 6.45) is 4.54. The Morgan fingerprint density at radius 2 is 2.09 bits per heavy atom. The molecule has 0 unspecified atom stereocenters. The van der Waals surface area contributed by atoms with E-state index in [1.165, 1.54) is 12.2 Å². The number of aliphatic imine (C=N–C) groups is 1. The van der Waals surface area contributed by atoms with Gasteiger partial charge in [0, 0.05) is 18.5 Å². The lowest BCUT2D eigenvalue weighted by atomic mass is 10.2. The average Bonchev–Trinajstić information content (AvgIpc) is 2.95. The van der Waals surface area contributed by atoms with Gasteiger partial charge in [-0.15, -0.1) is 0 Å². The fourth-order valence-corrected chi connectivity index (χ4v) is 2.68. The maximum absolute atomic E-state index is 5.79. The Morgan fingerprint density at radius 3 is 2.86 bits per heavy atom. The molecule has 1 aromatic carbocycles. The number of fused-ring (bicyclic) bond motifs is 1. The highest BCUT2D eigenvalue weighted by Crippen LogP contribution is 2.19. The Balaban J connectivity index is 1.88. The highest BCUT2D eigenvalue weighted by molar-refractivity contribution is 7.98. The second-order valence-corrected chi connectivity index (χ2v) is 6.06. The van der Waals surface area contributed by atoms with Crippen LogP contribution in [0.3, 0.4) is 0 Å². The first-order chi connectivity index (χ1) is 10.8. The fraction of sp³-hybridized carbons (Fsp3) is 0.471. The third-order valence-electron chi connectivity index (χ3n) is 3.28. The van der Waals surface area contributed by atoms with Gasteiger partial charge in [0.2, 0.25) is 0 Å². The number of unbranched alkanes of at least 4 members (excludes halogenated alkanes) is 1. The van der Waals surface area contributed by atoms with Crippen LogP contribution in [0.2, 0.25) is 0 Å². The molecule has 0 amide bonds. The van der Waals surface area contributed by atoms with Gasteiger partial charge in [-0.3, -0.25) is 0 Å². The predicted molar refractivity (Wildman–Crippen MR) is 96.6 cm³/mol. The summed E-state index contributed by atoms with van der Waals surface area (Å²) in [6.45, 7) is 4.43. The van der Waals surface area contributed by atoms with Crippen LogP contribution in [0.25, 0.3) is 11.0 Å². The summed E-state index contributed by atoms with van der Waals surface area (Å²) in [5.74, 6) is 2.96. The summed E-state index contributed by atoms with van der Waals surface area (Å²) in [4.78, 5) is 4.59. The quantitative estimate of drug-likeness (QED) is 0.443. The Bertz CT molecular complexity index is 561. The van der Waals surface area contributed by atoms with Crippen LogP contribution >= 0.6 is 11.8 Å². The average molecular weight is 319 g/mol. The van der Waals surface area contributed by atoms with Crippen molar-refractivity contribution in [1.29, 1.82) is 0 Å². The lowest BCUT2D eigenvalue weighted by molar-refractivity contribution is 0.551. The number of rotatable bonds is 8. The molecule has 0 saturated carbocycles. The number of thioether (sulfide) groups is 1. The van der Waals surface area contributed by atoms with E-state index in [-0.39, 0.29) is 0 Å². The van der Waals surface area contributed by atoms with E-state index in [2.05, 4.69) is 40.9 Å². The molecule has 0 aliphatic rings. The minimum atomic E-state index is 0.550. The van der Waals surface area contributed by atoms with Gasteiger partial charge in [0.05, 0.1) is 0 Å². The van der Waals surface area contributed by atoms with E-state index in [0.29, 0.717) is 6.54 Å². The number of nitrogens with one attached hydrogen (secondary N) is 2. The van der Waals surface area contributed by atoms with Gasteiger partial charge in [0.25, 0.3) is 0 Å². The fourth-order valence-electron chi connectivity index (χ4n) is 2.19. The topological polar surface area (TPSA) is 49.6 Å². The first-order valence-corrected chi connectivity index (χ1v) is 9.21. The van der Waals surface area contributed by atoms with E-state index in [9.17, 15) is 0 Å². The zero-order valence-electron chi connectivity index (χ0n) is 13.4. The number of benzene rings is 1. The second-order valence-electron chi connectivity index (χ2n) is 5.07. The Labute approximate surface area is 136 Å². The van der Waals surface area contributed by atoms with Crippen molar-refractivity contribution in [3.05, 3.63) is 36.1 Å². The number of nitrogens with zero attached hydrogens (tertiary/aromatic N) is 1. The molecule has 2 N–H and O–H groups in total. The van der Waals surface area contributed by atoms with Gasteiger partial charge in [0.15, 0.2) is 5.96 Å². The molecule has 0 aliphatic heterocycles.